The maximum atomic E-state index is 10.1. The van der Waals surface area contributed by atoms with E-state index in [-0.39, 0.29) is 30.0 Å². The maximum absolute atomic E-state index is 10.1. The van der Waals surface area contributed by atoms with Crippen LogP contribution in [0, 0.1) is 0 Å². The van der Waals surface area contributed by atoms with E-state index in [0.717, 1.165) is 17.0 Å². The number of aliphatic hydroxyl groups excluding tert-OH is 1. The number of benzene rings is 1. The van der Waals surface area contributed by atoms with Gasteiger partial charge in [-0.15, -0.1) is 12.4 Å². The highest BCUT2D eigenvalue weighted by atomic mass is 35.5. The molecule has 0 saturated carbocycles. The van der Waals surface area contributed by atoms with Crippen LogP contribution in [0.15, 0.2) is 34.9 Å². The summed E-state index contributed by atoms with van der Waals surface area (Å²) in [5.41, 5.74) is 1.75. The zero-order valence-corrected chi connectivity index (χ0v) is 18.5. The van der Waals surface area contributed by atoms with Gasteiger partial charge in [0, 0.05) is 29.1 Å². The molecule has 0 fully saturated rings. The fourth-order valence-corrected chi connectivity index (χ4v) is 2.31. The molecule has 0 aliphatic heterocycles. The van der Waals surface area contributed by atoms with Gasteiger partial charge in [0.05, 0.1) is 5.69 Å². The number of ether oxygens (including phenoxy) is 1. The summed E-state index contributed by atoms with van der Waals surface area (Å²) in [6, 6.07) is 9.67. The number of hydrogen-bond donors (Lipinski definition) is 2. The minimum absolute atomic E-state index is 0. The monoisotopic (exact) mass is 408 g/mol. The Morgan fingerprint density at radius 1 is 1.14 bits per heavy atom. The van der Waals surface area contributed by atoms with Gasteiger partial charge in [0.1, 0.15) is 18.5 Å². The second-order valence-electron chi connectivity index (χ2n) is 8.83. The maximum Gasteiger partial charge on any atom is 0.159 e. The first kappa shape index (κ1) is 24.2. The van der Waals surface area contributed by atoms with E-state index in [4.69, 9.17) is 9.26 Å². The minimum atomic E-state index is -0.579. The Bertz CT molecular complexity index is 758. The highest BCUT2D eigenvalue weighted by Crippen LogP contribution is 2.24. The summed E-state index contributed by atoms with van der Waals surface area (Å²) in [6.45, 7) is 13.2. The third kappa shape index (κ3) is 8.05. The standard InChI is InChI=1S/C22H32N2O3.ClH/c1-21(2,3)20-13-18(27-24-20)12-11-16-9-7-8-10-19(16)26-15-17(25)14-23-22(4,5)6;/h7-13,17,23,25H,14-15H2,1-6H3;1H/b12-11+;. The predicted octanol–water partition coefficient (Wildman–Crippen LogP) is 4.69. The lowest BCUT2D eigenvalue weighted by molar-refractivity contribution is 0.0999. The molecule has 2 N–H and O–H groups in total. The lowest BCUT2D eigenvalue weighted by atomic mass is 9.92. The number of hydrogen-bond acceptors (Lipinski definition) is 5. The van der Waals surface area contributed by atoms with Crippen LogP contribution in [-0.4, -0.2) is 35.1 Å². The predicted molar refractivity (Wildman–Crippen MR) is 117 cm³/mol. The van der Waals surface area contributed by atoms with Crippen molar-refractivity contribution in [1.29, 1.82) is 0 Å². The first-order chi connectivity index (χ1) is 12.5. The summed E-state index contributed by atoms with van der Waals surface area (Å²) < 4.78 is 11.2. The largest absolute Gasteiger partial charge is 0.490 e. The molecule has 1 unspecified atom stereocenters. The zero-order valence-electron chi connectivity index (χ0n) is 17.7. The Balaban J connectivity index is 0.00000392. The second-order valence-corrected chi connectivity index (χ2v) is 8.83. The highest BCUT2D eigenvalue weighted by Gasteiger charge is 2.18. The van der Waals surface area contributed by atoms with E-state index in [1.165, 1.54) is 0 Å². The Kier molecular flexibility index (Phi) is 8.74. The van der Waals surface area contributed by atoms with Crippen molar-refractivity contribution in [3.8, 4) is 5.75 Å². The molecule has 2 rings (SSSR count). The van der Waals surface area contributed by atoms with Crippen LogP contribution < -0.4 is 10.1 Å². The topological polar surface area (TPSA) is 67.5 Å². The molecule has 0 aliphatic carbocycles. The van der Waals surface area contributed by atoms with E-state index in [1.807, 2.05) is 42.5 Å². The van der Waals surface area contributed by atoms with Gasteiger partial charge in [0.25, 0.3) is 0 Å². The Hall–Kier alpha value is -1.82. The Morgan fingerprint density at radius 2 is 1.82 bits per heavy atom. The summed E-state index contributed by atoms with van der Waals surface area (Å²) >= 11 is 0. The van der Waals surface area contributed by atoms with Crippen molar-refractivity contribution in [3.63, 3.8) is 0 Å². The average molecular weight is 409 g/mol. The molecule has 0 saturated heterocycles. The average Bonchev–Trinajstić information content (AvgIpc) is 3.05. The van der Waals surface area contributed by atoms with Crippen LogP contribution in [0.4, 0.5) is 0 Å². The van der Waals surface area contributed by atoms with Crippen molar-refractivity contribution in [2.75, 3.05) is 13.2 Å². The minimum Gasteiger partial charge on any atom is -0.490 e. The third-order valence-corrected chi connectivity index (χ3v) is 3.94. The summed E-state index contributed by atoms with van der Waals surface area (Å²) in [6.07, 6.45) is 3.23. The van der Waals surface area contributed by atoms with E-state index in [2.05, 4.69) is 52.0 Å². The number of aromatic nitrogens is 1. The molecule has 1 heterocycles. The molecule has 5 nitrogen and oxygen atoms in total. The fraction of sp³-hybridized carbons (Fsp3) is 0.500. The van der Waals surface area contributed by atoms with Crippen molar-refractivity contribution >= 4 is 24.6 Å². The van der Waals surface area contributed by atoms with Crippen molar-refractivity contribution in [2.24, 2.45) is 0 Å². The molecule has 1 aromatic carbocycles. The normalized spacial score (nSPS) is 13.4. The van der Waals surface area contributed by atoms with Crippen molar-refractivity contribution < 1.29 is 14.4 Å². The van der Waals surface area contributed by atoms with Crippen LogP contribution in [0.5, 0.6) is 5.75 Å². The van der Waals surface area contributed by atoms with Gasteiger partial charge < -0.3 is 19.7 Å². The first-order valence-electron chi connectivity index (χ1n) is 9.35. The fourth-order valence-electron chi connectivity index (χ4n) is 2.31. The molecule has 0 bridgehead atoms. The molecule has 0 radical (unpaired) electrons. The summed E-state index contributed by atoms with van der Waals surface area (Å²) in [7, 11) is 0. The van der Waals surface area contributed by atoms with Gasteiger partial charge in [-0.1, -0.05) is 44.1 Å². The molecule has 0 spiro atoms. The van der Waals surface area contributed by atoms with E-state index in [1.54, 1.807) is 0 Å². The first-order valence-corrected chi connectivity index (χ1v) is 9.35. The van der Waals surface area contributed by atoms with Gasteiger partial charge >= 0.3 is 0 Å². The molecule has 28 heavy (non-hydrogen) atoms. The van der Waals surface area contributed by atoms with E-state index >= 15 is 0 Å². The van der Waals surface area contributed by atoms with Crippen LogP contribution in [0.3, 0.4) is 0 Å². The molecule has 1 aromatic heterocycles. The van der Waals surface area contributed by atoms with Crippen LogP contribution >= 0.6 is 12.4 Å². The SMILES string of the molecule is CC(C)(C)NCC(O)COc1ccccc1/C=C/c1cc(C(C)(C)C)no1.Cl. The molecule has 0 aliphatic rings. The van der Waals surface area contributed by atoms with Crippen molar-refractivity contribution in [2.45, 2.75) is 58.6 Å². The van der Waals surface area contributed by atoms with Gasteiger partial charge in [0.2, 0.25) is 0 Å². The van der Waals surface area contributed by atoms with Gasteiger partial charge in [-0.05, 0) is 39.0 Å². The zero-order chi connectivity index (χ0) is 20.1. The quantitative estimate of drug-likeness (QED) is 0.695. The Morgan fingerprint density at radius 3 is 2.43 bits per heavy atom. The molecule has 1 atom stereocenters. The number of aliphatic hydroxyl groups is 1. The molecule has 2 aromatic rings. The van der Waals surface area contributed by atoms with Gasteiger partial charge in [-0.2, -0.15) is 0 Å². The van der Waals surface area contributed by atoms with Crippen molar-refractivity contribution in [1.82, 2.24) is 10.5 Å². The van der Waals surface area contributed by atoms with E-state index in [0.29, 0.717) is 12.3 Å². The van der Waals surface area contributed by atoms with Crippen LogP contribution in [0.25, 0.3) is 12.2 Å². The number of nitrogens with one attached hydrogen (secondary N) is 1. The lowest BCUT2D eigenvalue weighted by Crippen LogP contribution is -2.42. The van der Waals surface area contributed by atoms with Gasteiger partial charge in [0.15, 0.2) is 5.76 Å². The smallest absolute Gasteiger partial charge is 0.159 e. The number of nitrogens with zero attached hydrogens (tertiary/aromatic N) is 1. The van der Waals surface area contributed by atoms with Crippen LogP contribution in [-0.2, 0) is 5.41 Å². The number of β-amino-alcohol motifs (C(OH)–C–C–N with tert-alkyl or cyclic N) is 1. The van der Waals surface area contributed by atoms with Crippen LogP contribution in [0.2, 0.25) is 0 Å². The van der Waals surface area contributed by atoms with Crippen molar-refractivity contribution in [3.05, 3.63) is 47.3 Å². The third-order valence-electron chi connectivity index (χ3n) is 3.94. The van der Waals surface area contributed by atoms with E-state index < -0.39 is 6.10 Å². The summed E-state index contributed by atoms with van der Waals surface area (Å²) in [4.78, 5) is 0. The summed E-state index contributed by atoms with van der Waals surface area (Å²) in [5, 5.41) is 17.5. The number of rotatable bonds is 7. The molecular formula is C22H33ClN2O3. The molecule has 6 heteroatoms. The number of para-hydroxylation sites is 1. The lowest BCUT2D eigenvalue weighted by Gasteiger charge is -2.23. The molecule has 0 amide bonds. The molecular weight excluding hydrogens is 376 g/mol. The van der Waals surface area contributed by atoms with E-state index in [9.17, 15) is 5.11 Å². The summed E-state index contributed by atoms with van der Waals surface area (Å²) in [5.74, 6) is 1.42. The van der Waals surface area contributed by atoms with Gasteiger partial charge in [-0.25, -0.2) is 0 Å². The number of halogens is 1. The van der Waals surface area contributed by atoms with Gasteiger partial charge in [-0.3, -0.25) is 0 Å². The molecule has 156 valence electrons. The highest BCUT2D eigenvalue weighted by molar-refractivity contribution is 5.85. The van der Waals surface area contributed by atoms with Crippen LogP contribution in [0.1, 0.15) is 58.6 Å². The Labute approximate surface area is 174 Å². The second kappa shape index (κ2) is 10.1.